The average Bonchev–Trinajstić information content (AvgIpc) is 3.23. The zero-order chi connectivity index (χ0) is 24.1. The van der Waals surface area contributed by atoms with Crippen molar-refractivity contribution in [3.8, 4) is 11.5 Å². The average molecular weight is 477 g/mol. The van der Waals surface area contributed by atoms with Crippen LogP contribution in [0.5, 0.6) is 11.5 Å². The van der Waals surface area contributed by atoms with Crippen LogP contribution in [0.4, 0.5) is 0 Å². The molecule has 1 atom stereocenters. The van der Waals surface area contributed by atoms with E-state index in [1.165, 1.54) is 0 Å². The van der Waals surface area contributed by atoms with Crippen molar-refractivity contribution in [1.29, 1.82) is 0 Å². The molecule has 1 unspecified atom stereocenters. The topological polar surface area (TPSA) is 61.8 Å². The summed E-state index contributed by atoms with van der Waals surface area (Å²) < 4.78 is 17.4. The number of carbonyl (C=O) groups is 2. The summed E-state index contributed by atoms with van der Waals surface area (Å²) in [6.07, 6.45) is 1.41. The van der Waals surface area contributed by atoms with Crippen molar-refractivity contribution in [3.05, 3.63) is 89.5 Å². The van der Waals surface area contributed by atoms with Gasteiger partial charge in [-0.25, -0.2) is 9.59 Å². The number of hydrogen-bond acceptors (Lipinski definition) is 6. The van der Waals surface area contributed by atoms with E-state index < -0.39 is 0 Å². The highest BCUT2D eigenvalue weighted by Crippen LogP contribution is 2.47. The molecule has 4 rings (SSSR count). The molecule has 0 aliphatic carbocycles. The van der Waals surface area contributed by atoms with Crippen LogP contribution in [0.2, 0.25) is 0 Å². The fourth-order valence-corrected chi connectivity index (χ4v) is 4.74. The Bertz CT molecular complexity index is 1150. The minimum atomic E-state index is -0.383. The van der Waals surface area contributed by atoms with Gasteiger partial charge in [-0.2, -0.15) is 0 Å². The van der Waals surface area contributed by atoms with E-state index in [-0.39, 0.29) is 22.8 Å². The number of carbonyl (C=O) groups excluding carboxylic acids is 2. The van der Waals surface area contributed by atoms with E-state index in [1.807, 2.05) is 48.5 Å². The normalized spacial score (nSPS) is 14.7. The molecule has 3 aromatic rings. The Morgan fingerprint density at radius 1 is 0.912 bits per heavy atom. The number of rotatable bonds is 7. The van der Waals surface area contributed by atoms with Gasteiger partial charge in [-0.1, -0.05) is 68.9 Å². The number of benzene rings is 3. The number of fused-ring (bicyclic) bond motifs is 1. The van der Waals surface area contributed by atoms with Crippen LogP contribution in [0.25, 0.3) is 0 Å². The Hall–Kier alpha value is -3.25. The lowest BCUT2D eigenvalue weighted by Gasteiger charge is -2.23. The summed E-state index contributed by atoms with van der Waals surface area (Å²) in [6.45, 7) is 6.57. The molecule has 3 aromatic carbocycles. The summed E-state index contributed by atoms with van der Waals surface area (Å²) in [7, 11) is 0. The summed E-state index contributed by atoms with van der Waals surface area (Å²) in [4.78, 5) is 25.7. The van der Waals surface area contributed by atoms with Gasteiger partial charge in [-0.3, -0.25) is 0 Å². The molecule has 0 bridgehead atoms. The van der Waals surface area contributed by atoms with Crippen molar-refractivity contribution in [2.24, 2.45) is 0 Å². The quantitative estimate of drug-likeness (QED) is 0.216. The van der Waals surface area contributed by atoms with Crippen molar-refractivity contribution in [1.82, 2.24) is 0 Å². The standard InChI is InChI=1S/C28H28O5S/c1-28(2,3)21-17-23-24(18-22(21)33-27(30)20-13-8-5-9-14-20)34-25(32-23)15-10-16-31-26(29)19-11-6-4-7-12-19/h4-9,11-14,17-18,25H,10,15-16H2,1-3H3. The fraction of sp³-hybridized carbons (Fsp3) is 0.286. The molecule has 0 saturated heterocycles. The molecule has 0 N–H and O–H groups in total. The number of esters is 2. The van der Waals surface area contributed by atoms with Crippen LogP contribution in [-0.2, 0) is 10.2 Å². The minimum absolute atomic E-state index is 0.0849. The van der Waals surface area contributed by atoms with E-state index in [0.717, 1.165) is 22.6 Å². The molecule has 6 heteroatoms. The first-order valence-corrected chi connectivity index (χ1v) is 12.2. The highest BCUT2D eigenvalue weighted by molar-refractivity contribution is 8.00. The van der Waals surface area contributed by atoms with E-state index >= 15 is 0 Å². The maximum absolute atomic E-state index is 12.7. The molecule has 0 saturated carbocycles. The predicted molar refractivity (Wildman–Crippen MR) is 133 cm³/mol. The molecule has 0 aromatic heterocycles. The summed E-state index contributed by atoms with van der Waals surface area (Å²) in [5.74, 6) is 0.643. The van der Waals surface area contributed by atoms with Crippen molar-refractivity contribution in [2.75, 3.05) is 6.61 Å². The maximum Gasteiger partial charge on any atom is 0.343 e. The second kappa shape index (κ2) is 10.3. The molecule has 0 amide bonds. The van der Waals surface area contributed by atoms with Gasteiger partial charge in [0.05, 0.1) is 22.6 Å². The smallest absolute Gasteiger partial charge is 0.343 e. The van der Waals surface area contributed by atoms with Crippen molar-refractivity contribution >= 4 is 23.7 Å². The Morgan fingerprint density at radius 3 is 2.15 bits per heavy atom. The summed E-state index contributed by atoms with van der Waals surface area (Å²) in [5.41, 5.74) is 1.65. The highest BCUT2D eigenvalue weighted by atomic mass is 32.2. The zero-order valence-electron chi connectivity index (χ0n) is 19.6. The highest BCUT2D eigenvalue weighted by Gasteiger charge is 2.30. The molecular formula is C28H28O5S. The molecule has 5 nitrogen and oxygen atoms in total. The van der Waals surface area contributed by atoms with Crippen LogP contribution in [0, 0.1) is 0 Å². The monoisotopic (exact) mass is 476 g/mol. The molecule has 0 radical (unpaired) electrons. The lowest BCUT2D eigenvalue weighted by atomic mass is 9.86. The fourth-order valence-electron chi connectivity index (χ4n) is 3.63. The molecule has 34 heavy (non-hydrogen) atoms. The third-order valence-electron chi connectivity index (χ3n) is 5.41. The Balaban J connectivity index is 1.38. The molecule has 1 aliphatic rings. The summed E-state index contributed by atoms with van der Waals surface area (Å²) in [6, 6.07) is 21.8. The van der Waals surface area contributed by atoms with Crippen LogP contribution in [-0.4, -0.2) is 24.0 Å². The van der Waals surface area contributed by atoms with Gasteiger partial charge in [0.1, 0.15) is 16.9 Å². The lowest BCUT2D eigenvalue weighted by molar-refractivity contribution is 0.0492. The zero-order valence-corrected chi connectivity index (χ0v) is 20.4. The number of thioether (sulfide) groups is 1. The van der Waals surface area contributed by atoms with Crippen LogP contribution in [0.15, 0.2) is 77.7 Å². The minimum Gasteiger partial charge on any atom is -0.478 e. The molecule has 0 spiro atoms. The first-order valence-electron chi connectivity index (χ1n) is 11.3. The van der Waals surface area contributed by atoms with Crippen LogP contribution in [0.1, 0.15) is 59.9 Å². The number of ether oxygens (including phenoxy) is 3. The first kappa shape index (κ1) is 23.9. The van der Waals surface area contributed by atoms with E-state index in [2.05, 4.69) is 20.8 Å². The van der Waals surface area contributed by atoms with Crippen molar-refractivity contribution < 1.29 is 23.8 Å². The summed E-state index contributed by atoms with van der Waals surface area (Å²) in [5, 5.41) is 0. The van der Waals surface area contributed by atoms with Crippen LogP contribution >= 0.6 is 11.8 Å². The van der Waals surface area contributed by atoms with Gasteiger partial charge in [0.25, 0.3) is 0 Å². The van der Waals surface area contributed by atoms with Gasteiger partial charge < -0.3 is 14.2 Å². The first-order chi connectivity index (χ1) is 16.3. The molecule has 176 valence electrons. The van der Waals surface area contributed by atoms with E-state index in [4.69, 9.17) is 14.2 Å². The van der Waals surface area contributed by atoms with Gasteiger partial charge in [0.15, 0.2) is 0 Å². The van der Waals surface area contributed by atoms with Gasteiger partial charge in [0, 0.05) is 5.56 Å². The molecule has 1 heterocycles. The SMILES string of the molecule is CC(C)(C)c1cc2c(cc1OC(=O)c1ccccc1)SC(CCCOC(=O)c1ccccc1)O2. The van der Waals surface area contributed by atoms with Gasteiger partial charge in [0.2, 0.25) is 0 Å². The van der Waals surface area contributed by atoms with Gasteiger partial charge in [-0.05, 0) is 54.7 Å². The maximum atomic E-state index is 12.7. The van der Waals surface area contributed by atoms with Gasteiger partial charge >= 0.3 is 11.9 Å². The molecular weight excluding hydrogens is 448 g/mol. The second-order valence-corrected chi connectivity index (χ2v) is 10.3. The summed E-state index contributed by atoms with van der Waals surface area (Å²) >= 11 is 1.59. The van der Waals surface area contributed by atoms with Gasteiger partial charge in [-0.15, -0.1) is 0 Å². The molecule has 1 aliphatic heterocycles. The lowest BCUT2D eigenvalue weighted by Crippen LogP contribution is -2.16. The van der Waals surface area contributed by atoms with E-state index in [1.54, 1.807) is 36.0 Å². The second-order valence-electron chi connectivity index (χ2n) is 9.11. The Morgan fingerprint density at radius 2 is 1.53 bits per heavy atom. The van der Waals surface area contributed by atoms with E-state index in [9.17, 15) is 9.59 Å². The third kappa shape index (κ3) is 5.81. The van der Waals surface area contributed by atoms with Crippen LogP contribution in [0.3, 0.4) is 0 Å². The number of hydrogen-bond donors (Lipinski definition) is 0. The Kier molecular flexibility index (Phi) is 7.27. The third-order valence-corrected chi connectivity index (χ3v) is 6.58. The van der Waals surface area contributed by atoms with Crippen molar-refractivity contribution in [3.63, 3.8) is 0 Å². The largest absolute Gasteiger partial charge is 0.478 e. The Labute approximate surface area is 204 Å². The van der Waals surface area contributed by atoms with Crippen LogP contribution < -0.4 is 9.47 Å². The van der Waals surface area contributed by atoms with E-state index in [0.29, 0.717) is 29.9 Å². The predicted octanol–water partition coefficient (Wildman–Crippen LogP) is 6.65. The van der Waals surface area contributed by atoms with Crippen molar-refractivity contribution in [2.45, 2.75) is 49.4 Å². The molecule has 0 fully saturated rings.